The number of aromatic nitrogens is 2. The maximum Gasteiger partial charge on any atom is 0.270 e. The maximum absolute atomic E-state index is 12.5. The number of nitrogens with zero attached hydrogens (tertiary/aromatic N) is 3. The lowest BCUT2D eigenvalue weighted by Crippen LogP contribution is -2.48. The topological polar surface area (TPSA) is 99.2 Å². The van der Waals surface area contributed by atoms with Gasteiger partial charge in [-0.1, -0.05) is 30.3 Å². The van der Waals surface area contributed by atoms with E-state index in [1.165, 1.54) is 5.56 Å². The zero-order valence-electron chi connectivity index (χ0n) is 16.4. The molecule has 0 bridgehead atoms. The number of fused-ring (bicyclic) bond motifs is 1. The monoisotopic (exact) mass is 394 g/mol. The van der Waals surface area contributed by atoms with Crippen molar-refractivity contribution in [2.24, 2.45) is 0 Å². The number of piperazine rings is 1. The smallest absolute Gasteiger partial charge is 0.270 e. The Balaban J connectivity index is 1.50. The Hall–Kier alpha value is -3.00. The second-order valence-corrected chi connectivity index (χ2v) is 7.29. The summed E-state index contributed by atoms with van der Waals surface area (Å²) in [5, 5.41) is 9.27. The largest absolute Gasteiger partial charge is 0.361 e. The fourth-order valence-corrected chi connectivity index (χ4v) is 3.68. The minimum absolute atomic E-state index is 0.0463. The Morgan fingerprint density at radius 1 is 1.07 bits per heavy atom. The highest BCUT2D eigenvalue weighted by Crippen LogP contribution is 2.21. The normalized spacial score (nSPS) is 16.1. The number of aryl methyl sites for hydroxylation is 2. The van der Waals surface area contributed by atoms with Crippen molar-refractivity contribution in [3.63, 3.8) is 0 Å². The molecule has 152 valence electrons. The molecule has 4 rings (SSSR count). The number of amides is 2. The molecule has 1 saturated heterocycles. The predicted octanol–water partition coefficient (Wildman–Crippen LogP) is 0.391. The summed E-state index contributed by atoms with van der Waals surface area (Å²) in [6.07, 6.45) is 2.08. The molecule has 0 unspecified atom stereocenters. The molecule has 3 N–H and O–H groups in total. The van der Waals surface area contributed by atoms with E-state index in [0.29, 0.717) is 49.8 Å². The molecule has 1 aromatic heterocycles. The Morgan fingerprint density at radius 3 is 2.66 bits per heavy atom. The van der Waals surface area contributed by atoms with Crippen molar-refractivity contribution in [3.05, 3.63) is 53.0 Å². The molecule has 2 aliphatic rings. The number of benzene rings is 1. The number of nitrogens with one attached hydrogen (secondary N) is 3. The van der Waals surface area contributed by atoms with Crippen LogP contribution in [0.25, 0.3) is 0 Å². The van der Waals surface area contributed by atoms with Gasteiger partial charge in [-0.2, -0.15) is 0 Å². The van der Waals surface area contributed by atoms with Crippen LogP contribution < -0.4 is 16.0 Å². The van der Waals surface area contributed by atoms with Crippen LogP contribution in [0.3, 0.4) is 0 Å². The molecule has 29 heavy (non-hydrogen) atoms. The Morgan fingerprint density at radius 2 is 1.86 bits per heavy atom. The molecular formula is C21H26N6O2. The van der Waals surface area contributed by atoms with Crippen molar-refractivity contribution in [1.29, 1.82) is 0 Å². The molecule has 8 nitrogen and oxygen atoms in total. The molecule has 1 fully saturated rings. The number of hydrogen-bond acceptors (Lipinski definition) is 6. The Kier molecular flexibility index (Phi) is 6.00. The van der Waals surface area contributed by atoms with Gasteiger partial charge in [0.05, 0.1) is 6.54 Å². The summed E-state index contributed by atoms with van der Waals surface area (Å²) < 4.78 is 0. The van der Waals surface area contributed by atoms with Gasteiger partial charge < -0.3 is 20.9 Å². The van der Waals surface area contributed by atoms with Crippen LogP contribution in [0.15, 0.2) is 30.3 Å². The highest BCUT2D eigenvalue weighted by molar-refractivity contribution is 5.96. The van der Waals surface area contributed by atoms with Gasteiger partial charge in [-0.3, -0.25) is 9.59 Å². The summed E-state index contributed by atoms with van der Waals surface area (Å²) in [6, 6.07) is 10.1. The summed E-state index contributed by atoms with van der Waals surface area (Å²) in [4.78, 5) is 35.9. The van der Waals surface area contributed by atoms with Crippen molar-refractivity contribution in [2.75, 3.05) is 44.6 Å². The molecule has 0 saturated carbocycles. The Bertz CT molecular complexity index is 880. The first kappa shape index (κ1) is 19.3. The number of rotatable bonds is 6. The molecule has 3 heterocycles. The van der Waals surface area contributed by atoms with E-state index in [1.807, 2.05) is 23.1 Å². The average molecular weight is 394 g/mol. The second-order valence-electron chi connectivity index (χ2n) is 7.29. The van der Waals surface area contributed by atoms with E-state index in [2.05, 4.69) is 38.1 Å². The molecule has 0 atom stereocenters. The van der Waals surface area contributed by atoms with E-state index < -0.39 is 0 Å². The van der Waals surface area contributed by atoms with E-state index in [4.69, 9.17) is 0 Å². The SMILES string of the molecule is O=C1NCCc2c(NCC(=O)N3CCNCC3)nc(CCc3ccccc3)nc21. The van der Waals surface area contributed by atoms with Crippen molar-refractivity contribution in [2.45, 2.75) is 19.3 Å². The zero-order chi connectivity index (χ0) is 20.1. The van der Waals surface area contributed by atoms with Crippen molar-refractivity contribution < 1.29 is 9.59 Å². The van der Waals surface area contributed by atoms with Crippen molar-refractivity contribution >= 4 is 17.6 Å². The summed E-state index contributed by atoms with van der Waals surface area (Å²) in [5.74, 6) is 1.09. The maximum atomic E-state index is 12.5. The van der Waals surface area contributed by atoms with Gasteiger partial charge in [0.25, 0.3) is 5.91 Å². The highest BCUT2D eigenvalue weighted by Gasteiger charge is 2.24. The standard InChI is InChI=1S/C21H26N6O2/c28-18(27-12-10-22-11-13-27)14-24-20-16-8-9-23-21(29)19(16)25-17(26-20)7-6-15-4-2-1-3-5-15/h1-5,22H,6-14H2,(H,23,29)(H,24,25,26). The van der Waals surface area contributed by atoms with Crippen LogP contribution in [-0.4, -0.2) is 66.0 Å². The van der Waals surface area contributed by atoms with E-state index in [9.17, 15) is 9.59 Å². The van der Waals surface area contributed by atoms with E-state index in [1.54, 1.807) is 0 Å². The lowest BCUT2D eigenvalue weighted by Gasteiger charge is -2.28. The first-order valence-electron chi connectivity index (χ1n) is 10.1. The van der Waals surface area contributed by atoms with Crippen molar-refractivity contribution in [1.82, 2.24) is 25.5 Å². The number of carbonyl (C=O) groups excluding carboxylic acids is 2. The highest BCUT2D eigenvalue weighted by atomic mass is 16.2. The van der Waals surface area contributed by atoms with Gasteiger partial charge in [0.15, 0.2) is 0 Å². The molecule has 0 spiro atoms. The van der Waals surface area contributed by atoms with Crippen LogP contribution in [0.1, 0.15) is 27.4 Å². The fourth-order valence-electron chi connectivity index (χ4n) is 3.68. The quantitative estimate of drug-likeness (QED) is 0.656. The third-order valence-electron chi connectivity index (χ3n) is 5.29. The van der Waals surface area contributed by atoms with Gasteiger partial charge in [-0.25, -0.2) is 9.97 Å². The summed E-state index contributed by atoms with van der Waals surface area (Å²) >= 11 is 0. The molecule has 2 aliphatic heterocycles. The van der Waals surface area contributed by atoms with E-state index >= 15 is 0 Å². The van der Waals surface area contributed by atoms with Gasteiger partial charge in [0.1, 0.15) is 17.3 Å². The van der Waals surface area contributed by atoms with E-state index in [0.717, 1.165) is 25.1 Å². The molecule has 2 amide bonds. The van der Waals surface area contributed by atoms with Crippen LogP contribution in [0.5, 0.6) is 0 Å². The minimum atomic E-state index is -0.175. The number of anilines is 1. The summed E-state index contributed by atoms with van der Waals surface area (Å²) in [7, 11) is 0. The molecule has 0 radical (unpaired) electrons. The molecule has 2 aromatic rings. The zero-order valence-corrected chi connectivity index (χ0v) is 16.4. The van der Waals surface area contributed by atoms with Gasteiger partial charge in [-0.05, 0) is 18.4 Å². The van der Waals surface area contributed by atoms with Gasteiger partial charge >= 0.3 is 0 Å². The van der Waals surface area contributed by atoms with Crippen LogP contribution >= 0.6 is 0 Å². The van der Waals surface area contributed by atoms with Gasteiger partial charge in [0, 0.05) is 44.7 Å². The third-order valence-corrected chi connectivity index (χ3v) is 5.29. The fraction of sp³-hybridized carbons (Fsp3) is 0.429. The number of hydrogen-bond donors (Lipinski definition) is 3. The predicted molar refractivity (Wildman–Crippen MR) is 110 cm³/mol. The summed E-state index contributed by atoms with van der Waals surface area (Å²) in [6.45, 7) is 3.79. The van der Waals surface area contributed by atoms with Crippen LogP contribution in [0.2, 0.25) is 0 Å². The lowest BCUT2D eigenvalue weighted by molar-refractivity contribution is -0.129. The first-order chi connectivity index (χ1) is 14.2. The number of carbonyl (C=O) groups is 2. The van der Waals surface area contributed by atoms with E-state index in [-0.39, 0.29) is 18.4 Å². The van der Waals surface area contributed by atoms with Gasteiger partial charge in [0.2, 0.25) is 5.91 Å². The molecule has 1 aromatic carbocycles. The Labute approximate surface area is 170 Å². The van der Waals surface area contributed by atoms with Crippen LogP contribution in [-0.2, 0) is 24.1 Å². The van der Waals surface area contributed by atoms with Crippen LogP contribution in [0.4, 0.5) is 5.82 Å². The lowest BCUT2D eigenvalue weighted by atomic mass is 10.1. The average Bonchev–Trinajstić information content (AvgIpc) is 2.77. The second kappa shape index (κ2) is 9.00. The van der Waals surface area contributed by atoms with Crippen LogP contribution in [0, 0.1) is 0 Å². The first-order valence-corrected chi connectivity index (χ1v) is 10.1. The van der Waals surface area contributed by atoms with Crippen molar-refractivity contribution in [3.8, 4) is 0 Å². The summed E-state index contributed by atoms with van der Waals surface area (Å²) in [5.41, 5.74) is 2.42. The molecule has 8 heteroatoms. The molecular weight excluding hydrogens is 368 g/mol. The minimum Gasteiger partial charge on any atom is -0.361 e. The molecule has 0 aliphatic carbocycles. The van der Waals surface area contributed by atoms with Gasteiger partial charge in [-0.15, -0.1) is 0 Å². The third kappa shape index (κ3) is 4.71.